The molecule has 0 rings (SSSR count). The monoisotopic (exact) mass is 366 g/mol. The van der Waals surface area contributed by atoms with Crippen molar-refractivity contribution in [2.75, 3.05) is 6.61 Å². The Balaban J connectivity index is 3.29. The molecule has 0 atom stereocenters. The van der Waals surface area contributed by atoms with Crippen molar-refractivity contribution in [1.82, 2.24) is 0 Å². The minimum absolute atomic E-state index is 0.342. The molecule has 0 aliphatic heterocycles. The molecule has 0 N–H and O–H groups in total. The van der Waals surface area contributed by atoms with Crippen LogP contribution in [0.1, 0.15) is 97.8 Å². The van der Waals surface area contributed by atoms with Crippen molar-refractivity contribution in [3.05, 3.63) is 24.8 Å². The van der Waals surface area contributed by atoms with Gasteiger partial charge in [0.2, 0.25) is 0 Å². The lowest BCUT2D eigenvalue weighted by molar-refractivity contribution is 0.277. The normalized spacial score (nSPS) is 12.8. The van der Waals surface area contributed by atoms with E-state index in [-0.39, 0.29) is 0 Å². The molecule has 1 nitrogen and oxygen atoms in total. The summed E-state index contributed by atoms with van der Waals surface area (Å²) >= 11 is 0. The molecule has 0 aromatic rings. The maximum atomic E-state index is 6.24. The van der Waals surface area contributed by atoms with Gasteiger partial charge in [-0.3, -0.25) is 0 Å². The predicted octanol–water partition coefficient (Wildman–Crippen LogP) is 8.43. The van der Waals surface area contributed by atoms with Crippen LogP contribution in [-0.2, 0) is 4.43 Å². The molecule has 0 saturated heterocycles. The van der Waals surface area contributed by atoms with E-state index in [1.807, 2.05) is 6.08 Å². The number of unbranched alkanes of at least 4 members (excludes halogenated alkanes) is 10. The summed E-state index contributed by atoms with van der Waals surface area (Å²) in [7, 11) is -1.52. The molecule has 0 aliphatic carbocycles. The highest BCUT2D eigenvalue weighted by molar-refractivity contribution is 6.74. The van der Waals surface area contributed by atoms with E-state index in [2.05, 4.69) is 52.6 Å². The van der Waals surface area contributed by atoms with Gasteiger partial charge < -0.3 is 4.43 Å². The van der Waals surface area contributed by atoms with Crippen LogP contribution in [0, 0.1) is 0 Å². The Morgan fingerprint density at radius 1 is 0.720 bits per heavy atom. The summed E-state index contributed by atoms with van der Waals surface area (Å²) in [6.45, 7) is 16.4. The van der Waals surface area contributed by atoms with E-state index in [0.29, 0.717) is 5.04 Å². The molecule has 0 aromatic heterocycles. The third-order valence-electron chi connectivity index (χ3n) is 5.49. The number of hydrogen-bond donors (Lipinski definition) is 0. The molecule has 0 fully saturated rings. The molecule has 0 saturated carbocycles. The molecule has 0 radical (unpaired) electrons. The van der Waals surface area contributed by atoms with Gasteiger partial charge in [-0.25, -0.2) is 0 Å². The van der Waals surface area contributed by atoms with Gasteiger partial charge in [0.05, 0.1) is 0 Å². The lowest BCUT2D eigenvalue weighted by Crippen LogP contribution is -2.40. The van der Waals surface area contributed by atoms with E-state index in [1.165, 1.54) is 64.2 Å². The smallest absolute Gasteiger partial charge is 0.191 e. The second kappa shape index (κ2) is 14.8. The van der Waals surface area contributed by atoms with Crippen LogP contribution in [0.5, 0.6) is 0 Å². The molecule has 0 aliphatic rings. The Morgan fingerprint density at radius 3 is 1.72 bits per heavy atom. The molecular weight excluding hydrogens is 320 g/mol. The van der Waals surface area contributed by atoms with Crippen LogP contribution in [0.4, 0.5) is 0 Å². The zero-order chi connectivity index (χ0) is 19.0. The van der Waals surface area contributed by atoms with Gasteiger partial charge >= 0.3 is 0 Å². The molecule has 2 heteroatoms. The standard InChI is InChI=1S/C23H46OSi/c1-7-8-9-10-11-12-13-14-15-16-17-18-19-20-21-22-24-25(5,6)23(2,3)4/h7,10-11H,1,8-9,12-22H2,2-6H3. The minimum Gasteiger partial charge on any atom is -0.417 e. The summed E-state index contributed by atoms with van der Waals surface area (Å²) in [6, 6.07) is 0. The van der Waals surface area contributed by atoms with Crippen molar-refractivity contribution in [2.24, 2.45) is 0 Å². The fraction of sp³-hybridized carbons (Fsp3) is 0.826. The van der Waals surface area contributed by atoms with Crippen molar-refractivity contribution in [1.29, 1.82) is 0 Å². The summed E-state index contributed by atoms with van der Waals surface area (Å²) in [4.78, 5) is 0. The lowest BCUT2D eigenvalue weighted by Gasteiger charge is -2.36. The molecule has 0 amide bonds. The van der Waals surface area contributed by atoms with Crippen molar-refractivity contribution >= 4 is 8.32 Å². The van der Waals surface area contributed by atoms with Crippen molar-refractivity contribution in [3.63, 3.8) is 0 Å². The largest absolute Gasteiger partial charge is 0.417 e. The van der Waals surface area contributed by atoms with Gasteiger partial charge in [-0.2, -0.15) is 0 Å². The van der Waals surface area contributed by atoms with Gasteiger partial charge in [0.1, 0.15) is 0 Å². The molecule has 0 heterocycles. The predicted molar refractivity (Wildman–Crippen MR) is 118 cm³/mol. The number of rotatable bonds is 16. The minimum atomic E-state index is -1.52. The van der Waals surface area contributed by atoms with Crippen LogP contribution in [-0.4, -0.2) is 14.9 Å². The van der Waals surface area contributed by atoms with Gasteiger partial charge in [0.25, 0.3) is 0 Å². The van der Waals surface area contributed by atoms with E-state index in [4.69, 9.17) is 4.43 Å². The fourth-order valence-electron chi connectivity index (χ4n) is 2.60. The van der Waals surface area contributed by atoms with Crippen molar-refractivity contribution in [2.45, 2.75) is 116 Å². The van der Waals surface area contributed by atoms with E-state index in [1.54, 1.807) is 0 Å². The summed E-state index contributed by atoms with van der Waals surface area (Å²) in [5.41, 5.74) is 0. The first-order chi connectivity index (χ1) is 11.8. The zero-order valence-electron chi connectivity index (χ0n) is 18.0. The summed E-state index contributed by atoms with van der Waals surface area (Å²) in [5, 5.41) is 0.342. The topological polar surface area (TPSA) is 9.23 Å². The van der Waals surface area contributed by atoms with E-state index < -0.39 is 8.32 Å². The second-order valence-electron chi connectivity index (χ2n) is 8.92. The van der Waals surface area contributed by atoms with Crippen LogP contribution >= 0.6 is 0 Å². The molecule has 0 spiro atoms. The van der Waals surface area contributed by atoms with Crippen molar-refractivity contribution in [3.8, 4) is 0 Å². The van der Waals surface area contributed by atoms with Crippen LogP contribution in [0.3, 0.4) is 0 Å². The Bertz CT molecular complexity index is 338. The highest BCUT2D eigenvalue weighted by atomic mass is 28.4. The second-order valence-corrected chi connectivity index (χ2v) is 13.7. The molecule has 148 valence electrons. The maximum absolute atomic E-state index is 6.24. The van der Waals surface area contributed by atoms with Crippen LogP contribution in [0.25, 0.3) is 0 Å². The molecule has 0 bridgehead atoms. The number of hydrogen-bond acceptors (Lipinski definition) is 1. The Labute approximate surface area is 160 Å². The van der Waals surface area contributed by atoms with Gasteiger partial charge in [0, 0.05) is 6.61 Å². The Morgan fingerprint density at radius 2 is 1.20 bits per heavy atom. The van der Waals surface area contributed by atoms with Crippen LogP contribution < -0.4 is 0 Å². The quantitative estimate of drug-likeness (QED) is 0.151. The average Bonchev–Trinajstić information content (AvgIpc) is 2.53. The first-order valence-corrected chi connectivity index (χ1v) is 13.6. The lowest BCUT2D eigenvalue weighted by atomic mass is 10.1. The molecular formula is C23H46OSi. The van der Waals surface area contributed by atoms with Crippen molar-refractivity contribution < 1.29 is 4.43 Å². The zero-order valence-corrected chi connectivity index (χ0v) is 19.0. The maximum Gasteiger partial charge on any atom is 0.191 e. The summed E-state index contributed by atoms with van der Waals surface area (Å²) < 4.78 is 6.24. The molecule has 0 unspecified atom stereocenters. The molecule has 0 aromatic carbocycles. The first kappa shape index (κ1) is 24.7. The average molecular weight is 367 g/mol. The van der Waals surface area contributed by atoms with E-state index in [9.17, 15) is 0 Å². The number of allylic oxidation sites excluding steroid dienone is 3. The SMILES string of the molecule is C=CCCC=CCCCCCCCCCCCO[Si](C)(C)C(C)(C)C. The summed E-state index contributed by atoms with van der Waals surface area (Å²) in [5.74, 6) is 0. The fourth-order valence-corrected chi connectivity index (χ4v) is 3.68. The van der Waals surface area contributed by atoms with Gasteiger partial charge in [-0.05, 0) is 50.2 Å². The highest BCUT2D eigenvalue weighted by Crippen LogP contribution is 2.36. The van der Waals surface area contributed by atoms with Crippen LogP contribution in [0.15, 0.2) is 24.8 Å². The van der Waals surface area contributed by atoms with E-state index in [0.717, 1.165) is 19.4 Å². The van der Waals surface area contributed by atoms with Gasteiger partial charge in [-0.15, -0.1) is 6.58 Å². The third kappa shape index (κ3) is 14.5. The summed E-state index contributed by atoms with van der Waals surface area (Å²) in [6.07, 6.45) is 22.5. The molecule has 25 heavy (non-hydrogen) atoms. The Kier molecular flexibility index (Phi) is 14.6. The van der Waals surface area contributed by atoms with Crippen LogP contribution in [0.2, 0.25) is 18.1 Å². The van der Waals surface area contributed by atoms with Gasteiger partial charge in [-0.1, -0.05) is 83.9 Å². The third-order valence-corrected chi connectivity index (χ3v) is 10.0. The Hall–Kier alpha value is -0.343. The highest BCUT2D eigenvalue weighted by Gasteiger charge is 2.36. The first-order valence-electron chi connectivity index (χ1n) is 10.7. The van der Waals surface area contributed by atoms with Gasteiger partial charge in [0.15, 0.2) is 8.32 Å². The van der Waals surface area contributed by atoms with E-state index >= 15 is 0 Å².